The molecule has 2 aliphatic carbocycles. The molecule has 27 heavy (non-hydrogen) atoms. The molecule has 0 spiro atoms. The minimum Gasteiger partial charge on any atom is -0.307 e. The summed E-state index contributed by atoms with van der Waals surface area (Å²) >= 11 is 0. The van der Waals surface area contributed by atoms with Crippen LogP contribution in [-0.2, 0) is 35.9 Å². The Labute approximate surface area is 203 Å². The van der Waals surface area contributed by atoms with E-state index in [1.165, 1.54) is 26.6 Å². The first-order valence-corrected chi connectivity index (χ1v) is 10.7. The van der Waals surface area contributed by atoms with Gasteiger partial charge in [0.2, 0.25) is 0 Å². The zero-order valence-electron chi connectivity index (χ0n) is 16.3. The Balaban J connectivity index is 0.00000210. The maximum atomic E-state index is 12.4. The molecule has 0 aromatic heterocycles. The number of benzene rings is 1. The Morgan fingerprint density at radius 2 is 1.63 bits per heavy atom. The summed E-state index contributed by atoms with van der Waals surface area (Å²) in [5.74, 6) is 0. The normalized spacial score (nSPS) is 19.2. The minimum atomic E-state index is -3.79. The number of carbonyl (C=O) groups is 1. The summed E-state index contributed by atoms with van der Waals surface area (Å²) in [7, 11) is 0.0510. The van der Waals surface area contributed by atoms with Crippen molar-refractivity contribution in [3.05, 3.63) is 28.3 Å². The third-order valence-corrected chi connectivity index (χ3v) is 7.25. The van der Waals surface area contributed by atoms with Gasteiger partial charge in [-0.25, -0.2) is 9.52 Å². The topological polar surface area (TPSA) is 81.8 Å². The SMILES string of the molecule is CN(C)C1CN(S(=O)(=O)NC(=O)Nc2c3c(cc4c2CCC4)CCC3)C1.[K]. The van der Waals surface area contributed by atoms with E-state index < -0.39 is 16.2 Å². The second kappa shape index (κ2) is 8.39. The van der Waals surface area contributed by atoms with Crippen LogP contribution in [0.5, 0.6) is 0 Å². The second-order valence-electron chi connectivity index (χ2n) is 7.73. The molecule has 9 heteroatoms. The van der Waals surface area contributed by atoms with Crippen LogP contribution < -0.4 is 10.0 Å². The molecular formula is C18H26KN4O3S. The van der Waals surface area contributed by atoms with Gasteiger partial charge in [0, 0.05) is 76.2 Å². The quantitative estimate of drug-likeness (QED) is 0.713. The van der Waals surface area contributed by atoms with Gasteiger partial charge in [0.05, 0.1) is 0 Å². The number of hydrogen-bond donors (Lipinski definition) is 2. The molecule has 2 N–H and O–H groups in total. The average Bonchev–Trinajstić information content (AvgIpc) is 3.12. The van der Waals surface area contributed by atoms with Crippen molar-refractivity contribution in [1.29, 1.82) is 0 Å². The number of nitrogens with zero attached hydrogens (tertiary/aromatic N) is 2. The zero-order valence-corrected chi connectivity index (χ0v) is 20.3. The fourth-order valence-corrected chi connectivity index (χ4v) is 5.38. The van der Waals surface area contributed by atoms with Crippen molar-refractivity contribution in [3.63, 3.8) is 0 Å². The number of anilines is 1. The number of rotatable bonds is 4. The summed E-state index contributed by atoms with van der Waals surface area (Å²) in [6, 6.07) is 1.83. The van der Waals surface area contributed by atoms with E-state index in [1.807, 2.05) is 19.0 Å². The summed E-state index contributed by atoms with van der Waals surface area (Å²) in [4.78, 5) is 14.4. The third-order valence-electron chi connectivity index (χ3n) is 5.83. The Morgan fingerprint density at radius 1 is 1.07 bits per heavy atom. The first kappa shape index (κ1) is 21.7. The van der Waals surface area contributed by atoms with Gasteiger partial charge in [-0.05, 0) is 74.9 Å². The van der Waals surface area contributed by atoms with E-state index in [4.69, 9.17) is 0 Å². The molecule has 143 valence electrons. The first-order chi connectivity index (χ1) is 12.3. The van der Waals surface area contributed by atoms with Crippen molar-refractivity contribution in [2.45, 2.75) is 44.6 Å². The van der Waals surface area contributed by atoms with Gasteiger partial charge in [0.25, 0.3) is 0 Å². The molecule has 1 aliphatic heterocycles. The molecule has 0 bridgehead atoms. The number of carbonyl (C=O) groups excluding carboxylic acids is 1. The number of aryl methyl sites for hydroxylation is 2. The summed E-state index contributed by atoms with van der Waals surface area (Å²) in [5, 5.41) is 2.87. The van der Waals surface area contributed by atoms with Crippen molar-refractivity contribution >= 4 is 73.3 Å². The molecule has 1 fully saturated rings. The van der Waals surface area contributed by atoms with Gasteiger partial charge in [0.1, 0.15) is 0 Å². The number of urea groups is 1. The third kappa shape index (κ3) is 4.30. The van der Waals surface area contributed by atoms with Crippen molar-refractivity contribution in [2.24, 2.45) is 0 Å². The van der Waals surface area contributed by atoms with Crippen LogP contribution in [0, 0.1) is 0 Å². The van der Waals surface area contributed by atoms with E-state index in [0.29, 0.717) is 13.1 Å². The average molecular weight is 418 g/mol. The van der Waals surface area contributed by atoms with Gasteiger partial charge in [-0.15, -0.1) is 0 Å². The molecule has 3 aliphatic rings. The molecule has 2 amide bonds. The van der Waals surface area contributed by atoms with E-state index in [2.05, 4.69) is 16.1 Å². The molecule has 0 atom stereocenters. The van der Waals surface area contributed by atoms with E-state index in [9.17, 15) is 13.2 Å². The number of nitrogens with one attached hydrogen (secondary N) is 2. The molecule has 7 nitrogen and oxygen atoms in total. The predicted molar refractivity (Wildman–Crippen MR) is 106 cm³/mol. The molecule has 0 saturated carbocycles. The van der Waals surface area contributed by atoms with Crippen LogP contribution in [0.1, 0.15) is 35.1 Å². The van der Waals surface area contributed by atoms with E-state index in [0.717, 1.165) is 44.2 Å². The summed E-state index contributed by atoms with van der Waals surface area (Å²) < 4.78 is 28.2. The Bertz CT molecular complexity index is 818. The molecular weight excluding hydrogens is 391 g/mol. The van der Waals surface area contributed by atoms with Crippen LogP contribution >= 0.6 is 0 Å². The van der Waals surface area contributed by atoms with Crippen LogP contribution in [0.4, 0.5) is 10.5 Å². The number of hydrogen-bond acceptors (Lipinski definition) is 4. The van der Waals surface area contributed by atoms with Gasteiger partial charge < -0.3 is 10.2 Å². The van der Waals surface area contributed by atoms with Gasteiger partial charge in [-0.1, -0.05) is 6.07 Å². The standard InChI is InChI=1S/C18H26N4O3S.K/c1-21(2)14-10-22(11-14)26(24,25)20-18(23)19-17-15-7-3-5-12(15)9-13-6-4-8-16(13)17;/h9,14H,3-8,10-11H2,1-2H3,(H2,19,20,23);. The van der Waals surface area contributed by atoms with Crippen molar-refractivity contribution < 1.29 is 13.2 Å². The van der Waals surface area contributed by atoms with E-state index in [-0.39, 0.29) is 57.4 Å². The monoisotopic (exact) mass is 417 g/mol. The fraction of sp³-hybridized carbons (Fsp3) is 0.611. The molecule has 1 aromatic rings. The van der Waals surface area contributed by atoms with Crippen molar-refractivity contribution in [3.8, 4) is 0 Å². The second-order valence-corrected chi connectivity index (χ2v) is 9.40. The minimum absolute atomic E-state index is 0. The van der Waals surface area contributed by atoms with Crippen LogP contribution in [0.3, 0.4) is 0 Å². The Hall–Kier alpha value is -0.00364. The fourth-order valence-electron chi connectivity index (χ4n) is 4.23. The van der Waals surface area contributed by atoms with Crippen LogP contribution in [0.15, 0.2) is 6.07 Å². The predicted octanol–water partition coefficient (Wildman–Crippen LogP) is 0.895. The molecule has 1 aromatic carbocycles. The maximum Gasteiger partial charge on any atom is 0.333 e. The van der Waals surface area contributed by atoms with Gasteiger partial charge in [0.15, 0.2) is 0 Å². The number of fused-ring (bicyclic) bond motifs is 2. The van der Waals surface area contributed by atoms with Gasteiger partial charge >= 0.3 is 16.2 Å². The first-order valence-electron chi connectivity index (χ1n) is 9.27. The molecule has 4 rings (SSSR count). The van der Waals surface area contributed by atoms with Crippen LogP contribution in [0.2, 0.25) is 0 Å². The Kier molecular flexibility index (Phi) is 6.74. The van der Waals surface area contributed by atoms with Crippen LogP contribution in [0.25, 0.3) is 0 Å². The summed E-state index contributed by atoms with van der Waals surface area (Å²) in [6.07, 6.45) is 6.15. The summed E-state index contributed by atoms with van der Waals surface area (Å²) in [6.45, 7) is 0.817. The maximum absolute atomic E-state index is 12.4. The zero-order chi connectivity index (χ0) is 18.5. The molecule has 1 radical (unpaired) electrons. The van der Waals surface area contributed by atoms with Crippen molar-refractivity contribution in [1.82, 2.24) is 13.9 Å². The molecule has 1 saturated heterocycles. The smallest absolute Gasteiger partial charge is 0.307 e. The van der Waals surface area contributed by atoms with Gasteiger partial charge in [-0.2, -0.15) is 12.7 Å². The van der Waals surface area contributed by atoms with E-state index in [1.54, 1.807) is 0 Å². The molecule has 1 heterocycles. The van der Waals surface area contributed by atoms with Crippen molar-refractivity contribution in [2.75, 3.05) is 32.5 Å². The molecule has 0 unspecified atom stereocenters. The van der Waals surface area contributed by atoms with Gasteiger partial charge in [-0.3, -0.25) is 0 Å². The van der Waals surface area contributed by atoms with Crippen LogP contribution in [-0.4, -0.2) is 108 Å². The largest absolute Gasteiger partial charge is 0.333 e. The number of amides is 2. The van der Waals surface area contributed by atoms with E-state index >= 15 is 0 Å². The number of likely N-dealkylation sites (N-methyl/N-ethyl adjacent to an activating group) is 1. The Morgan fingerprint density at radius 3 is 2.15 bits per heavy atom. The summed E-state index contributed by atoms with van der Waals surface area (Å²) in [5.41, 5.74) is 5.85.